The van der Waals surface area contributed by atoms with Crippen molar-refractivity contribution in [2.75, 3.05) is 25.3 Å². The highest BCUT2D eigenvalue weighted by atomic mass is 32.2. The molecule has 1 amide bonds. The molecule has 2 heterocycles. The van der Waals surface area contributed by atoms with E-state index in [4.69, 9.17) is 13.9 Å². The van der Waals surface area contributed by atoms with Gasteiger partial charge >= 0.3 is 5.97 Å². The van der Waals surface area contributed by atoms with Crippen molar-refractivity contribution in [2.24, 2.45) is 0 Å². The number of para-hydroxylation sites is 2. The second kappa shape index (κ2) is 10.5. The zero-order valence-corrected chi connectivity index (χ0v) is 19.6. The number of thiazole rings is 1. The number of amides is 1. The van der Waals surface area contributed by atoms with E-state index in [2.05, 4.69) is 15.3 Å². The molecular weight excluding hydrogens is 462 g/mol. The number of anilines is 1. The number of carbonyl (C=O) groups is 2. The van der Waals surface area contributed by atoms with Gasteiger partial charge in [-0.3, -0.25) is 9.59 Å². The molecule has 33 heavy (non-hydrogen) atoms. The molecule has 0 aliphatic carbocycles. The molecule has 0 bridgehead atoms. The second-order valence-electron chi connectivity index (χ2n) is 6.88. The Bertz CT molecular complexity index is 1230. The van der Waals surface area contributed by atoms with Crippen LogP contribution in [0.1, 0.15) is 11.3 Å². The molecule has 0 saturated carbocycles. The summed E-state index contributed by atoms with van der Waals surface area (Å²) in [5.74, 6) is 0.331. The first-order valence-electron chi connectivity index (χ1n) is 10.0. The van der Waals surface area contributed by atoms with E-state index in [1.54, 1.807) is 7.11 Å². The van der Waals surface area contributed by atoms with Gasteiger partial charge < -0.3 is 19.2 Å². The molecule has 0 fully saturated rings. The van der Waals surface area contributed by atoms with Crippen LogP contribution in [0.25, 0.3) is 22.4 Å². The van der Waals surface area contributed by atoms with Gasteiger partial charge in [-0.2, -0.15) is 0 Å². The minimum absolute atomic E-state index is 0.127. The van der Waals surface area contributed by atoms with Crippen LogP contribution in [0.5, 0.6) is 5.75 Å². The summed E-state index contributed by atoms with van der Waals surface area (Å²) in [5.41, 5.74) is 3.01. The van der Waals surface area contributed by atoms with Crippen LogP contribution in [0, 0.1) is 0 Å². The highest BCUT2D eigenvalue weighted by Crippen LogP contribution is 2.33. The predicted octanol–water partition coefficient (Wildman–Crippen LogP) is 4.80. The maximum atomic E-state index is 12.5. The molecular formula is C23H21N3O5S2. The number of hydrogen-bond donors (Lipinski definition) is 1. The molecule has 2 aromatic heterocycles. The fourth-order valence-corrected chi connectivity index (χ4v) is 4.70. The predicted molar refractivity (Wildman–Crippen MR) is 128 cm³/mol. The van der Waals surface area contributed by atoms with Gasteiger partial charge in [-0.15, -0.1) is 11.3 Å². The molecule has 0 atom stereocenters. The average Bonchev–Trinajstić information content (AvgIpc) is 3.44. The molecule has 4 aromatic rings. The molecule has 1 N–H and O–H groups in total. The van der Waals surface area contributed by atoms with Crippen molar-refractivity contribution in [3.05, 3.63) is 53.4 Å². The number of rotatable bonds is 9. The Labute approximate surface area is 198 Å². The summed E-state index contributed by atoms with van der Waals surface area (Å²) < 4.78 is 15.6. The Kier molecular flexibility index (Phi) is 7.26. The smallest absolute Gasteiger partial charge is 0.305 e. The number of carbonyl (C=O) groups excluding carboxylic acids is 2. The second-order valence-corrected chi connectivity index (χ2v) is 8.89. The Hall–Kier alpha value is -3.37. The fraction of sp³-hybridized carbons (Fsp3) is 0.217. The van der Waals surface area contributed by atoms with Crippen molar-refractivity contribution in [1.82, 2.24) is 9.97 Å². The van der Waals surface area contributed by atoms with Gasteiger partial charge in [-0.05, 0) is 42.8 Å². The van der Waals surface area contributed by atoms with E-state index in [1.165, 1.54) is 30.2 Å². The Morgan fingerprint density at radius 1 is 1.09 bits per heavy atom. The largest absolute Gasteiger partial charge is 0.497 e. The Morgan fingerprint density at radius 3 is 2.61 bits per heavy atom. The van der Waals surface area contributed by atoms with E-state index in [9.17, 15) is 9.59 Å². The normalized spacial score (nSPS) is 10.8. The molecule has 0 aliphatic heterocycles. The third-order valence-electron chi connectivity index (χ3n) is 4.69. The van der Waals surface area contributed by atoms with Gasteiger partial charge in [0.05, 0.1) is 32.1 Å². The molecule has 0 spiro atoms. The summed E-state index contributed by atoms with van der Waals surface area (Å²) in [7, 11) is 2.96. The van der Waals surface area contributed by atoms with E-state index in [-0.39, 0.29) is 24.1 Å². The summed E-state index contributed by atoms with van der Waals surface area (Å²) >= 11 is 2.55. The lowest BCUT2D eigenvalue weighted by Crippen LogP contribution is -2.13. The van der Waals surface area contributed by atoms with E-state index >= 15 is 0 Å². The van der Waals surface area contributed by atoms with Crippen molar-refractivity contribution < 1.29 is 23.5 Å². The van der Waals surface area contributed by atoms with E-state index in [1.807, 2.05) is 48.5 Å². The Balaban J connectivity index is 1.46. The molecule has 2 aromatic carbocycles. The first kappa shape index (κ1) is 22.8. The van der Waals surface area contributed by atoms with Crippen molar-refractivity contribution in [3.63, 3.8) is 0 Å². The number of fused-ring (bicyclic) bond motifs is 1. The highest BCUT2D eigenvalue weighted by molar-refractivity contribution is 7.99. The lowest BCUT2D eigenvalue weighted by atomic mass is 10.1. The number of oxazole rings is 1. The lowest BCUT2D eigenvalue weighted by Gasteiger charge is -2.04. The van der Waals surface area contributed by atoms with Crippen molar-refractivity contribution in [3.8, 4) is 17.0 Å². The third kappa shape index (κ3) is 5.71. The molecule has 8 nitrogen and oxygen atoms in total. The minimum atomic E-state index is -0.301. The van der Waals surface area contributed by atoms with Gasteiger partial charge in [-0.1, -0.05) is 23.9 Å². The lowest BCUT2D eigenvalue weighted by molar-refractivity contribution is -0.140. The molecule has 0 radical (unpaired) electrons. The number of aromatic nitrogens is 2. The fourth-order valence-electron chi connectivity index (χ4n) is 3.06. The van der Waals surface area contributed by atoms with Crippen LogP contribution in [-0.4, -0.2) is 41.8 Å². The number of hydrogen-bond acceptors (Lipinski definition) is 9. The number of ether oxygens (including phenoxy) is 2. The standard InChI is InChI=1S/C23H21N3O5S2/c1-29-15-9-7-14(8-10-15)21-18(11-12-20(28)30-2)33-22(26-21)25-19(27)13-32-23-24-16-5-3-4-6-17(16)31-23/h3-10H,11-13H2,1-2H3,(H,25,26,27). The van der Waals surface area contributed by atoms with Crippen LogP contribution in [0.3, 0.4) is 0 Å². The van der Waals surface area contributed by atoms with Crippen molar-refractivity contribution >= 4 is 51.2 Å². The summed E-state index contributed by atoms with van der Waals surface area (Å²) in [6, 6.07) is 14.9. The molecule has 4 rings (SSSR count). The maximum absolute atomic E-state index is 12.5. The minimum Gasteiger partial charge on any atom is -0.497 e. The van der Waals surface area contributed by atoms with Crippen LogP contribution >= 0.6 is 23.1 Å². The van der Waals surface area contributed by atoms with Gasteiger partial charge in [0, 0.05) is 10.4 Å². The number of methoxy groups -OCH3 is 2. The first-order chi connectivity index (χ1) is 16.1. The van der Waals surface area contributed by atoms with Gasteiger partial charge in [-0.25, -0.2) is 9.97 Å². The SMILES string of the molecule is COC(=O)CCc1sc(NC(=O)CSc2nc3ccccc3o2)nc1-c1ccc(OC)cc1. The van der Waals surface area contributed by atoms with Gasteiger partial charge in [0.2, 0.25) is 5.91 Å². The van der Waals surface area contributed by atoms with Crippen LogP contribution < -0.4 is 10.1 Å². The van der Waals surface area contributed by atoms with Crippen LogP contribution in [0.2, 0.25) is 0 Å². The highest BCUT2D eigenvalue weighted by Gasteiger charge is 2.17. The number of thioether (sulfide) groups is 1. The topological polar surface area (TPSA) is 104 Å². The van der Waals surface area contributed by atoms with Crippen LogP contribution in [0.4, 0.5) is 5.13 Å². The zero-order chi connectivity index (χ0) is 23.2. The molecule has 170 valence electrons. The van der Waals surface area contributed by atoms with E-state index in [0.29, 0.717) is 28.1 Å². The summed E-state index contributed by atoms with van der Waals surface area (Å²) in [6.45, 7) is 0. The monoisotopic (exact) mass is 483 g/mol. The first-order valence-corrected chi connectivity index (χ1v) is 11.8. The van der Waals surface area contributed by atoms with Crippen molar-refractivity contribution in [2.45, 2.75) is 18.1 Å². The molecule has 0 saturated heterocycles. The molecule has 0 unspecified atom stereocenters. The number of aryl methyl sites for hydroxylation is 1. The average molecular weight is 484 g/mol. The van der Waals surface area contributed by atoms with E-state index in [0.717, 1.165) is 21.7 Å². The van der Waals surface area contributed by atoms with Gasteiger partial charge in [0.15, 0.2) is 10.7 Å². The van der Waals surface area contributed by atoms with Gasteiger partial charge in [0.25, 0.3) is 5.22 Å². The molecule has 10 heteroatoms. The summed E-state index contributed by atoms with van der Waals surface area (Å²) in [4.78, 5) is 34.0. The van der Waals surface area contributed by atoms with E-state index < -0.39 is 0 Å². The summed E-state index contributed by atoms with van der Waals surface area (Å²) in [6.07, 6.45) is 0.683. The zero-order valence-electron chi connectivity index (χ0n) is 18.0. The number of benzene rings is 2. The van der Waals surface area contributed by atoms with Crippen LogP contribution in [0.15, 0.2) is 58.2 Å². The van der Waals surface area contributed by atoms with Crippen LogP contribution in [-0.2, 0) is 20.7 Å². The third-order valence-corrected chi connectivity index (χ3v) is 6.55. The number of nitrogens with zero attached hydrogens (tertiary/aromatic N) is 2. The summed E-state index contributed by atoms with van der Waals surface area (Å²) in [5, 5.41) is 3.73. The molecule has 0 aliphatic rings. The number of nitrogens with one attached hydrogen (secondary N) is 1. The quantitative estimate of drug-likeness (QED) is 0.268. The van der Waals surface area contributed by atoms with Crippen molar-refractivity contribution in [1.29, 1.82) is 0 Å². The Morgan fingerprint density at radius 2 is 1.88 bits per heavy atom. The van der Waals surface area contributed by atoms with Gasteiger partial charge in [0.1, 0.15) is 11.3 Å². The number of esters is 1. The maximum Gasteiger partial charge on any atom is 0.305 e.